The highest BCUT2D eigenvalue weighted by atomic mass is 32.2. The molecule has 0 N–H and O–H groups in total. The fraction of sp³-hybridized carbons (Fsp3) is 0.435. The Bertz CT molecular complexity index is 584. The van der Waals surface area contributed by atoms with Crippen LogP contribution in [0.25, 0.3) is 0 Å². The molecule has 0 spiro atoms. The number of hydrogen-bond donors (Lipinski definition) is 0. The molecule has 140 valence electrons. The number of benzene rings is 2. The number of hydrogen-bond acceptors (Lipinski definition) is 3. The van der Waals surface area contributed by atoms with Gasteiger partial charge >= 0.3 is 0 Å². The van der Waals surface area contributed by atoms with Crippen LogP contribution in [0.5, 0.6) is 0 Å². The van der Waals surface area contributed by atoms with Crippen LogP contribution in [0, 0.1) is 5.92 Å². The topological polar surface area (TPSA) is 17.1 Å². The van der Waals surface area contributed by atoms with Gasteiger partial charge in [0.25, 0.3) is 0 Å². The molecule has 1 unspecified atom stereocenters. The third kappa shape index (κ3) is 8.01. The minimum absolute atomic E-state index is 0.200. The second-order valence-electron chi connectivity index (χ2n) is 6.71. The molecule has 0 heterocycles. The van der Waals surface area contributed by atoms with Crippen molar-refractivity contribution in [2.45, 2.75) is 55.6 Å². The van der Waals surface area contributed by atoms with Crippen LogP contribution >= 0.6 is 23.5 Å². The summed E-state index contributed by atoms with van der Waals surface area (Å²) in [6.45, 7) is 3.96. The molecule has 0 aliphatic rings. The van der Waals surface area contributed by atoms with Crippen LogP contribution in [0.1, 0.15) is 50.7 Å². The molecule has 0 saturated heterocycles. The molecule has 1 nitrogen and oxygen atoms in total. The van der Waals surface area contributed by atoms with Crippen LogP contribution in [-0.4, -0.2) is 10.4 Å². The first-order valence-electron chi connectivity index (χ1n) is 9.50. The Hall–Kier alpha value is -1.19. The largest absolute Gasteiger partial charge is 0.300 e. The van der Waals surface area contributed by atoms with Gasteiger partial charge in [-0.05, 0) is 30.9 Å². The first-order valence-corrected chi connectivity index (χ1v) is 11.6. The quantitative estimate of drug-likeness (QED) is 0.367. The second kappa shape index (κ2) is 12.2. The Balaban J connectivity index is 1.97. The maximum absolute atomic E-state index is 12.1. The Kier molecular flexibility index (Phi) is 9.94. The van der Waals surface area contributed by atoms with E-state index >= 15 is 0 Å². The molecule has 0 aliphatic heterocycles. The lowest BCUT2D eigenvalue weighted by molar-refractivity contribution is -0.121. The van der Waals surface area contributed by atoms with Gasteiger partial charge in [0.2, 0.25) is 0 Å². The van der Waals surface area contributed by atoms with E-state index in [-0.39, 0.29) is 5.92 Å². The molecule has 2 aromatic carbocycles. The van der Waals surface area contributed by atoms with Crippen LogP contribution in [0.4, 0.5) is 0 Å². The highest BCUT2D eigenvalue weighted by Gasteiger charge is 2.21. The van der Waals surface area contributed by atoms with Crippen molar-refractivity contribution in [3.05, 3.63) is 71.8 Å². The lowest BCUT2D eigenvalue weighted by Gasteiger charge is -2.22. The Morgan fingerprint density at radius 1 is 0.885 bits per heavy atom. The van der Waals surface area contributed by atoms with E-state index in [1.807, 2.05) is 23.5 Å². The summed E-state index contributed by atoms with van der Waals surface area (Å²) in [5.41, 5.74) is 2.71. The number of carbonyl (C=O) groups is 1. The molecule has 26 heavy (non-hydrogen) atoms. The summed E-state index contributed by atoms with van der Waals surface area (Å²) in [6, 6.07) is 21.3. The summed E-state index contributed by atoms with van der Waals surface area (Å²) in [7, 11) is 0. The number of Topliss-reactive ketones (excluding diaryl/α,β-unsaturated/α-hetero) is 1. The van der Waals surface area contributed by atoms with Gasteiger partial charge in [-0.25, -0.2) is 0 Å². The number of ketones is 1. The number of carbonyl (C=O) groups excluding carboxylic acids is 1. The van der Waals surface area contributed by atoms with Crippen molar-refractivity contribution in [3.8, 4) is 0 Å². The molecule has 0 aromatic heterocycles. The SMILES string of the molecule is CCCCC(CC(SCc1ccccc1)SCc1ccccc1)C(C)=O. The zero-order chi connectivity index (χ0) is 18.6. The van der Waals surface area contributed by atoms with Gasteiger partial charge in [0.05, 0.1) is 4.58 Å². The molecule has 0 saturated carbocycles. The summed E-state index contributed by atoms with van der Waals surface area (Å²) < 4.78 is 0.446. The highest BCUT2D eigenvalue weighted by molar-refractivity contribution is 8.16. The van der Waals surface area contributed by atoms with Gasteiger partial charge in [-0.15, -0.1) is 23.5 Å². The molecule has 1 atom stereocenters. The molecule has 2 aromatic rings. The van der Waals surface area contributed by atoms with Crippen molar-refractivity contribution in [1.29, 1.82) is 0 Å². The second-order valence-corrected chi connectivity index (χ2v) is 9.39. The molecule has 0 fully saturated rings. The standard InChI is InChI=1S/C23H30OS2/c1-3-4-15-22(19(2)24)16-23(25-17-20-11-7-5-8-12-20)26-18-21-13-9-6-10-14-21/h5-14,22-23H,3-4,15-18H2,1-2H3. The molecule has 3 heteroatoms. The van der Waals surface area contributed by atoms with Crippen molar-refractivity contribution in [3.63, 3.8) is 0 Å². The normalized spacial score (nSPS) is 12.3. The average Bonchev–Trinajstić information content (AvgIpc) is 2.68. The van der Waals surface area contributed by atoms with Gasteiger partial charge in [0.1, 0.15) is 5.78 Å². The molecular formula is C23H30OS2. The fourth-order valence-corrected chi connectivity index (χ4v) is 5.55. The van der Waals surface area contributed by atoms with Crippen molar-refractivity contribution in [2.24, 2.45) is 5.92 Å². The van der Waals surface area contributed by atoms with Gasteiger partial charge in [-0.2, -0.15) is 0 Å². The van der Waals surface area contributed by atoms with Crippen molar-refractivity contribution < 1.29 is 4.79 Å². The minimum atomic E-state index is 0.200. The van der Waals surface area contributed by atoms with Gasteiger partial charge in [0, 0.05) is 17.4 Å². The number of unbranched alkanes of at least 4 members (excludes halogenated alkanes) is 1. The highest BCUT2D eigenvalue weighted by Crippen LogP contribution is 2.35. The van der Waals surface area contributed by atoms with Crippen LogP contribution < -0.4 is 0 Å². The Morgan fingerprint density at radius 3 is 1.81 bits per heavy atom. The van der Waals surface area contributed by atoms with Crippen molar-refractivity contribution in [1.82, 2.24) is 0 Å². The first-order chi connectivity index (χ1) is 12.7. The van der Waals surface area contributed by atoms with Crippen LogP contribution in [0.2, 0.25) is 0 Å². The summed E-state index contributed by atoms with van der Waals surface area (Å²) in [6.07, 6.45) is 4.30. The van der Waals surface area contributed by atoms with Crippen LogP contribution in [0.15, 0.2) is 60.7 Å². The van der Waals surface area contributed by atoms with Gasteiger partial charge < -0.3 is 0 Å². The van der Waals surface area contributed by atoms with Gasteiger partial charge in [-0.1, -0.05) is 80.4 Å². The van der Waals surface area contributed by atoms with Crippen molar-refractivity contribution in [2.75, 3.05) is 0 Å². The van der Waals surface area contributed by atoms with Gasteiger partial charge in [-0.3, -0.25) is 4.79 Å². The molecule has 0 bridgehead atoms. The van der Waals surface area contributed by atoms with E-state index in [2.05, 4.69) is 67.6 Å². The summed E-state index contributed by atoms with van der Waals surface area (Å²) in [5.74, 6) is 2.56. The van der Waals surface area contributed by atoms with E-state index in [4.69, 9.17) is 0 Å². The third-order valence-electron chi connectivity index (χ3n) is 4.52. The van der Waals surface area contributed by atoms with E-state index in [0.29, 0.717) is 10.4 Å². The third-order valence-corrected chi connectivity index (χ3v) is 7.46. The predicted molar refractivity (Wildman–Crippen MR) is 118 cm³/mol. The summed E-state index contributed by atoms with van der Waals surface area (Å²) in [4.78, 5) is 12.1. The van der Waals surface area contributed by atoms with Crippen LogP contribution in [0.3, 0.4) is 0 Å². The average molecular weight is 387 g/mol. The number of thioether (sulfide) groups is 2. The lowest BCUT2D eigenvalue weighted by atomic mass is 9.95. The predicted octanol–water partition coefficient (Wildman–Crippen LogP) is 6.96. The number of rotatable bonds is 12. The van der Waals surface area contributed by atoms with E-state index in [1.165, 1.54) is 11.1 Å². The summed E-state index contributed by atoms with van der Waals surface area (Å²) >= 11 is 3.97. The smallest absolute Gasteiger partial charge is 0.132 e. The molecule has 0 amide bonds. The van der Waals surface area contributed by atoms with Crippen LogP contribution in [-0.2, 0) is 16.3 Å². The molecule has 0 aliphatic carbocycles. The van der Waals surface area contributed by atoms with E-state index in [0.717, 1.165) is 37.2 Å². The van der Waals surface area contributed by atoms with Gasteiger partial charge in [0.15, 0.2) is 0 Å². The first kappa shape index (κ1) is 21.1. The molecular weight excluding hydrogens is 356 g/mol. The molecule has 0 radical (unpaired) electrons. The maximum atomic E-state index is 12.1. The van der Waals surface area contributed by atoms with E-state index in [1.54, 1.807) is 6.92 Å². The Labute approximate surface area is 167 Å². The van der Waals surface area contributed by atoms with Crippen molar-refractivity contribution >= 4 is 29.3 Å². The fourth-order valence-electron chi connectivity index (χ4n) is 2.88. The Morgan fingerprint density at radius 2 is 1.38 bits per heavy atom. The van der Waals surface area contributed by atoms with E-state index < -0.39 is 0 Å². The summed E-state index contributed by atoms with van der Waals surface area (Å²) in [5, 5.41) is 0. The monoisotopic (exact) mass is 386 g/mol. The minimum Gasteiger partial charge on any atom is -0.300 e. The van der Waals surface area contributed by atoms with E-state index in [9.17, 15) is 4.79 Å². The zero-order valence-electron chi connectivity index (χ0n) is 15.9. The zero-order valence-corrected chi connectivity index (χ0v) is 17.5. The maximum Gasteiger partial charge on any atom is 0.132 e. The lowest BCUT2D eigenvalue weighted by Crippen LogP contribution is -2.16. The molecule has 2 rings (SSSR count).